The fourth-order valence-electron chi connectivity index (χ4n) is 4.03. The summed E-state index contributed by atoms with van der Waals surface area (Å²) >= 11 is 6.59. The molecule has 3 aromatic heterocycles. The lowest BCUT2D eigenvalue weighted by atomic mass is 10.1. The van der Waals surface area contributed by atoms with Gasteiger partial charge in [0.2, 0.25) is 5.95 Å². The fourth-order valence-corrected chi connectivity index (χ4v) is 4.29. The molecule has 0 bridgehead atoms. The number of aromatic nitrogens is 3. The van der Waals surface area contributed by atoms with Crippen LogP contribution in [-0.4, -0.2) is 58.0 Å². The molecule has 1 fully saturated rings. The molecule has 0 radical (unpaired) electrons. The Balaban J connectivity index is 1.82. The summed E-state index contributed by atoms with van der Waals surface area (Å²) in [7, 11) is 3.67. The Morgan fingerprint density at radius 3 is 2.63 bits per heavy atom. The second-order valence-electron chi connectivity index (χ2n) is 8.15. The lowest BCUT2D eigenvalue weighted by Crippen LogP contribution is -2.29. The fraction of sp³-hybridized carbons (Fsp3) is 0.476. The third-order valence-corrected chi connectivity index (χ3v) is 5.78. The average Bonchev–Trinajstić information content (AvgIpc) is 3.25. The molecule has 1 aliphatic rings. The second-order valence-corrected chi connectivity index (χ2v) is 8.51. The quantitative estimate of drug-likeness (QED) is 0.529. The van der Waals surface area contributed by atoms with Crippen molar-refractivity contribution in [2.45, 2.75) is 38.8 Å². The molecule has 30 heavy (non-hydrogen) atoms. The van der Waals surface area contributed by atoms with Gasteiger partial charge in [-0.3, -0.25) is 4.98 Å². The third-order valence-electron chi connectivity index (χ3n) is 5.50. The van der Waals surface area contributed by atoms with Gasteiger partial charge in [-0.15, -0.1) is 0 Å². The summed E-state index contributed by atoms with van der Waals surface area (Å²) in [5.41, 5.74) is 2.93. The zero-order valence-corrected chi connectivity index (χ0v) is 18.2. The van der Waals surface area contributed by atoms with Gasteiger partial charge in [0.15, 0.2) is 5.58 Å². The van der Waals surface area contributed by atoms with E-state index in [1.807, 2.05) is 40.1 Å². The standard InChI is InChI=1S/C21H26ClN5O3/c1-10-5-13-8-16(30-18(13)11(2)23-10)17-19(22)25-21(27(3)4)26-20(17)24-14-6-12(9-28)7-15(14)29/h5,8,12,14-15,28-29H,6-7,9H2,1-4H3,(H,24,25,26)/t12-,14+,15+/m0/s1. The van der Waals surface area contributed by atoms with Gasteiger partial charge in [-0.25, -0.2) is 4.98 Å². The van der Waals surface area contributed by atoms with Crippen molar-refractivity contribution >= 4 is 34.3 Å². The van der Waals surface area contributed by atoms with Crippen molar-refractivity contribution < 1.29 is 14.6 Å². The van der Waals surface area contributed by atoms with Crippen LogP contribution in [0.25, 0.3) is 22.3 Å². The number of aryl methyl sites for hydroxylation is 2. The van der Waals surface area contributed by atoms with E-state index in [2.05, 4.69) is 20.3 Å². The minimum Gasteiger partial charge on any atom is -0.454 e. The number of rotatable bonds is 5. The molecule has 160 valence electrons. The first kappa shape index (κ1) is 20.8. The molecule has 4 rings (SSSR count). The highest BCUT2D eigenvalue weighted by Gasteiger charge is 2.34. The van der Waals surface area contributed by atoms with Crippen LogP contribution in [-0.2, 0) is 0 Å². The minimum absolute atomic E-state index is 0.0464. The van der Waals surface area contributed by atoms with E-state index in [-0.39, 0.29) is 23.7 Å². The van der Waals surface area contributed by atoms with Crippen LogP contribution in [0.5, 0.6) is 0 Å². The van der Waals surface area contributed by atoms with Crippen LogP contribution in [0.4, 0.5) is 11.8 Å². The first-order chi connectivity index (χ1) is 14.3. The number of pyridine rings is 1. The van der Waals surface area contributed by atoms with Gasteiger partial charge >= 0.3 is 0 Å². The van der Waals surface area contributed by atoms with Gasteiger partial charge in [-0.05, 0) is 44.7 Å². The molecule has 0 amide bonds. The number of halogens is 1. The summed E-state index contributed by atoms with van der Waals surface area (Å²) in [5.74, 6) is 1.52. The predicted octanol–water partition coefficient (Wildman–Crippen LogP) is 3.16. The van der Waals surface area contributed by atoms with E-state index in [9.17, 15) is 10.2 Å². The largest absolute Gasteiger partial charge is 0.454 e. The number of aliphatic hydroxyl groups is 2. The molecule has 0 saturated heterocycles. The molecule has 0 unspecified atom stereocenters. The van der Waals surface area contributed by atoms with Gasteiger partial charge in [-0.1, -0.05) is 11.6 Å². The van der Waals surface area contributed by atoms with Crippen LogP contribution in [0, 0.1) is 19.8 Å². The summed E-state index contributed by atoms with van der Waals surface area (Å²) in [6, 6.07) is 3.61. The van der Waals surface area contributed by atoms with E-state index in [4.69, 9.17) is 16.0 Å². The van der Waals surface area contributed by atoms with E-state index < -0.39 is 6.10 Å². The first-order valence-electron chi connectivity index (χ1n) is 9.95. The summed E-state index contributed by atoms with van der Waals surface area (Å²) < 4.78 is 6.11. The van der Waals surface area contributed by atoms with E-state index >= 15 is 0 Å². The molecule has 9 heteroatoms. The summed E-state index contributed by atoms with van der Waals surface area (Å²) in [4.78, 5) is 15.3. The molecular weight excluding hydrogens is 406 g/mol. The highest BCUT2D eigenvalue weighted by Crippen LogP contribution is 2.39. The molecule has 8 nitrogen and oxygen atoms in total. The van der Waals surface area contributed by atoms with Crippen molar-refractivity contribution in [1.29, 1.82) is 0 Å². The number of hydrogen-bond donors (Lipinski definition) is 3. The highest BCUT2D eigenvalue weighted by molar-refractivity contribution is 6.32. The average molecular weight is 432 g/mol. The zero-order valence-electron chi connectivity index (χ0n) is 17.5. The molecule has 0 aliphatic heterocycles. The maximum Gasteiger partial charge on any atom is 0.228 e. The number of fused-ring (bicyclic) bond motifs is 1. The van der Waals surface area contributed by atoms with Crippen LogP contribution in [0.2, 0.25) is 5.15 Å². The Hall–Kier alpha value is -2.42. The predicted molar refractivity (Wildman–Crippen MR) is 117 cm³/mol. The van der Waals surface area contributed by atoms with Gasteiger partial charge in [0, 0.05) is 31.8 Å². The van der Waals surface area contributed by atoms with Crippen molar-refractivity contribution in [3.63, 3.8) is 0 Å². The second kappa shape index (κ2) is 8.02. The number of nitrogens with one attached hydrogen (secondary N) is 1. The molecule has 0 spiro atoms. The van der Waals surface area contributed by atoms with Gasteiger partial charge in [0.25, 0.3) is 0 Å². The van der Waals surface area contributed by atoms with Crippen molar-refractivity contribution in [3.8, 4) is 11.3 Å². The highest BCUT2D eigenvalue weighted by atomic mass is 35.5. The lowest BCUT2D eigenvalue weighted by Gasteiger charge is -2.21. The molecule has 1 aliphatic carbocycles. The Labute approximate surface area is 179 Å². The minimum atomic E-state index is -0.587. The molecule has 3 heterocycles. The maximum absolute atomic E-state index is 10.5. The first-order valence-corrected chi connectivity index (χ1v) is 10.3. The monoisotopic (exact) mass is 431 g/mol. The Morgan fingerprint density at radius 1 is 1.20 bits per heavy atom. The van der Waals surface area contributed by atoms with Gasteiger partial charge in [0.05, 0.1) is 23.4 Å². The normalized spacial score (nSPS) is 21.4. The number of furan rings is 1. The molecule has 3 atom stereocenters. The number of anilines is 2. The van der Waals surface area contributed by atoms with Crippen LogP contribution in [0.15, 0.2) is 16.5 Å². The molecule has 3 N–H and O–H groups in total. The van der Waals surface area contributed by atoms with E-state index in [0.717, 1.165) is 16.8 Å². The number of aliphatic hydroxyl groups excluding tert-OH is 2. The number of nitrogens with zero attached hydrogens (tertiary/aromatic N) is 4. The molecule has 3 aromatic rings. The van der Waals surface area contributed by atoms with E-state index in [0.29, 0.717) is 41.5 Å². The Kier molecular flexibility index (Phi) is 5.57. The topological polar surface area (TPSA) is 108 Å². The Bertz CT molecular complexity index is 1080. The lowest BCUT2D eigenvalue weighted by molar-refractivity contribution is 0.157. The van der Waals surface area contributed by atoms with E-state index in [1.165, 1.54) is 0 Å². The maximum atomic E-state index is 10.5. The van der Waals surface area contributed by atoms with Gasteiger partial charge in [0.1, 0.15) is 16.7 Å². The van der Waals surface area contributed by atoms with Crippen LogP contribution < -0.4 is 10.2 Å². The van der Waals surface area contributed by atoms with Crippen LogP contribution in [0.1, 0.15) is 24.2 Å². The summed E-state index contributed by atoms with van der Waals surface area (Å²) in [6.45, 7) is 3.89. The third kappa shape index (κ3) is 3.82. The molecule has 0 aromatic carbocycles. The Morgan fingerprint density at radius 2 is 1.97 bits per heavy atom. The van der Waals surface area contributed by atoms with Crippen LogP contribution >= 0.6 is 11.6 Å². The molecule has 1 saturated carbocycles. The van der Waals surface area contributed by atoms with Crippen molar-refractivity contribution in [2.75, 3.05) is 30.9 Å². The van der Waals surface area contributed by atoms with E-state index in [1.54, 1.807) is 4.90 Å². The summed E-state index contributed by atoms with van der Waals surface area (Å²) in [6.07, 6.45) is 0.590. The van der Waals surface area contributed by atoms with Crippen molar-refractivity contribution in [2.24, 2.45) is 5.92 Å². The number of hydrogen-bond acceptors (Lipinski definition) is 8. The smallest absolute Gasteiger partial charge is 0.228 e. The van der Waals surface area contributed by atoms with Gasteiger partial charge < -0.3 is 24.8 Å². The van der Waals surface area contributed by atoms with Crippen LogP contribution in [0.3, 0.4) is 0 Å². The molecular formula is C21H26ClN5O3. The summed E-state index contributed by atoms with van der Waals surface area (Å²) in [5, 5.41) is 24.4. The van der Waals surface area contributed by atoms with Gasteiger partial charge in [-0.2, -0.15) is 4.98 Å². The zero-order chi connectivity index (χ0) is 21.6. The van der Waals surface area contributed by atoms with Crippen molar-refractivity contribution in [3.05, 3.63) is 28.7 Å². The van der Waals surface area contributed by atoms with Crippen molar-refractivity contribution in [1.82, 2.24) is 15.0 Å². The SMILES string of the molecule is Cc1cc2cc(-c3c(Cl)nc(N(C)C)nc3N[C@@H]3C[C@H](CO)C[C@H]3O)oc2c(C)n1.